The van der Waals surface area contributed by atoms with Gasteiger partial charge in [0, 0.05) is 0 Å². The van der Waals surface area contributed by atoms with E-state index in [0.717, 1.165) is 11.1 Å². The van der Waals surface area contributed by atoms with E-state index < -0.39 is 30.3 Å². The molecule has 1 saturated heterocycles. The molecular weight excluding hydrogens is 298 g/mol. The summed E-state index contributed by atoms with van der Waals surface area (Å²) in [6, 6.07) is 17.0. The molecule has 1 fully saturated rings. The minimum atomic E-state index is -1.41. The summed E-state index contributed by atoms with van der Waals surface area (Å²) in [5, 5.41) is 28.8. The van der Waals surface area contributed by atoms with Crippen LogP contribution in [0.4, 0.5) is 0 Å². The monoisotopic (exact) mass is 315 g/mol. The van der Waals surface area contributed by atoms with Gasteiger partial charge in [-0.25, -0.2) is 5.48 Å². The normalized spacial score (nSPS) is 26.9. The summed E-state index contributed by atoms with van der Waals surface area (Å²) in [5.74, 6) is -0.890. The van der Waals surface area contributed by atoms with Gasteiger partial charge in [0.25, 0.3) is 5.91 Å². The number of aliphatic hydroxyl groups is 2. The first kappa shape index (κ1) is 15.6. The van der Waals surface area contributed by atoms with Crippen LogP contribution in [-0.4, -0.2) is 39.6 Å². The van der Waals surface area contributed by atoms with E-state index in [1.807, 2.05) is 48.5 Å². The van der Waals surface area contributed by atoms with E-state index in [-0.39, 0.29) is 0 Å². The number of rotatable bonds is 3. The average Bonchev–Trinajstić information content (AvgIpc) is 2.91. The van der Waals surface area contributed by atoms with E-state index in [2.05, 4.69) is 0 Å². The predicted molar refractivity (Wildman–Crippen MR) is 81.4 cm³/mol. The minimum absolute atomic E-state index is 0.645. The molecule has 1 amide bonds. The summed E-state index contributed by atoms with van der Waals surface area (Å²) in [6.07, 6.45) is -4.84. The largest absolute Gasteiger partial charge is 0.387 e. The van der Waals surface area contributed by atoms with Gasteiger partial charge >= 0.3 is 0 Å². The fourth-order valence-corrected chi connectivity index (χ4v) is 2.76. The molecule has 6 nitrogen and oxygen atoms in total. The molecule has 2 aromatic rings. The fourth-order valence-electron chi connectivity index (χ4n) is 2.76. The number of hydrogen-bond acceptors (Lipinski definition) is 5. The van der Waals surface area contributed by atoms with Crippen molar-refractivity contribution in [2.75, 3.05) is 0 Å². The van der Waals surface area contributed by atoms with Crippen molar-refractivity contribution < 1.29 is 25.0 Å². The highest BCUT2D eigenvalue weighted by molar-refractivity contribution is 5.80. The van der Waals surface area contributed by atoms with Crippen LogP contribution in [0.15, 0.2) is 54.6 Å². The maximum absolute atomic E-state index is 11.5. The van der Waals surface area contributed by atoms with Crippen molar-refractivity contribution in [1.82, 2.24) is 5.48 Å². The maximum atomic E-state index is 11.5. The number of carbonyl (C=O) groups excluding carboxylic acids is 1. The Morgan fingerprint density at radius 3 is 2.35 bits per heavy atom. The summed E-state index contributed by atoms with van der Waals surface area (Å²) in [7, 11) is 0. The SMILES string of the molecule is O=C(NO)[C@H]1O[C@@H](c2cccc(-c3ccccc3)c2)[C@@H](O)[C@H]1O. The number of hydroxylamine groups is 1. The van der Waals surface area contributed by atoms with Crippen LogP contribution in [0.2, 0.25) is 0 Å². The zero-order chi connectivity index (χ0) is 16.4. The molecule has 6 heteroatoms. The van der Waals surface area contributed by atoms with E-state index in [1.165, 1.54) is 5.48 Å². The van der Waals surface area contributed by atoms with Crippen LogP contribution in [0.1, 0.15) is 11.7 Å². The molecule has 0 spiro atoms. The minimum Gasteiger partial charge on any atom is -0.387 e. The number of carbonyl (C=O) groups is 1. The molecule has 0 unspecified atom stereocenters. The highest BCUT2D eigenvalue weighted by Crippen LogP contribution is 2.35. The Morgan fingerprint density at radius 2 is 1.65 bits per heavy atom. The third-order valence-electron chi connectivity index (χ3n) is 3.95. The predicted octanol–water partition coefficient (Wildman–Crippen LogP) is 1.02. The molecule has 1 aliphatic heterocycles. The second-order valence-corrected chi connectivity index (χ2v) is 5.43. The van der Waals surface area contributed by atoms with Crippen LogP contribution in [0.5, 0.6) is 0 Å². The van der Waals surface area contributed by atoms with Crippen LogP contribution >= 0.6 is 0 Å². The topological polar surface area (TPSA) is 99.0 Å². The molecule has 3 rings (SSSR count). The lowest BCUT2D eigenvalue weighted by Crippen LogP contribution is -2.41. The van der Waals surface area contributed by atoms with Gasteiger partial charge in [0.15, 0.2) is 6.10 Å². The van der Waals surface area contributed by atoms with E-state index in [4.69, 9.17) is 9.94 Å². The van der Waals surface area contributed by atoms with E-state index >= 15 is 0 Å². The third kappa shape index (κ3) is 2.97. The molecule has 0 aromatic heterocycles. The number of benzene rings is 2. The number of hydrogen-bond donors (Lipinski definition) is 4. The van der Waals surface area contributed by atoms with Crippen molar-refractivity contribution in [2.45, 2.75) is 24.4 Å². The van der Waals surface area contributed by atoms with Crippen LogP contribution < -0.4 is 5.48 Å². The van der Waals surface area contributed by atoms with Gasteiger partial charge in [0.1, 0.15) is 18.3 Å². The summed E-state index contributed by atoms with van der Waals surface area (Å²) in [5.41, 5.74) is 4.02. The summed E-state index contributed by atoms with van der Waals surface area (Å²) in [6.45, 7) is 0. The molecule has 23 heavy (non-hydrogen) atoms. The van der Waals surface area contributed by atoms with Gasteiger partial charge in [0.05, 0.1) is 0 Å². The first-order valence-corrected chi connectivity index (χ1v) is 7.22. The smallest absolute Gasteiger partial charge is 0.275 e. The van der Waals surface area contributed by atoms with E-state index in [9.17, 15) is 15.0 Å². The van der Waals surface area contributed by atoms with E-state index in [1.54, 1.807) is 6.07 Å². The molecule has 2 aromatic carbocycles. The van der Waals surface area contributed by atoms with Gasteiger partial charge in [-0.1, -0.05) is 48.5 Å². The summed E-state index contributed by atoms with van der Waals surface area (Å²) in [4.78, 5) is 11.5. The first-order valence-electron chi connectivity index (χ1n) is 7.22. The van der Waals surface area contributed by atoms with Crippen LogP contribution in [-0.2, 0) is 9.53 Å². The molecular formula is C17H17NO5. The van der Waals surface area contributed by atoms with Crippen molar-refractivity contribution in [3.63, 3.8) is 0 Å². The Hall–Kier alpha value is -2.25. The molecule has 1 aliphatic rings. The highest BCUT2D eigenvalue weighted by atomic mass is 16.6. The van der Waals surface area contributed by atoms with Crippen LogP contribution in [0.3, 0.4) is 0 Å². The quantitative estimate of drug-likeness (QED) is 0.501. The first-order chi connectivity index (χ1) is 11.1. The Kier molecular flexibility index (Phi) is 4.40. The highest BCUT2D eigenvalue weighted by Gasteiger charge is 2.46. The number of amides is 1. The van der Waals surface area contributed by atoms with Crippen molar-refractivity contribution in [3.05, 3.63) is 60.2 Å². The third-order valence-corrected chi connectivity index (χ3v) is 3.95. The van der Waals surface area contributed by atoms with E-state index in [0.29, 0.717) is 5.56 Å². The number of nitrogens with one attached hydrogen (secondary N) is 1. The molecule has 1 heterocycles. The molecule has 4 atom stereocenters. The summed E-state index contributed by atoms with van der Waals surface area (Å²) >= 11 is 0. The van der Waals surface area contributed by atoms with Crippen molar-refractivity contribution in [3.8, 4) is 11.1 Å². The Bertz CT molecular complexity index is 690. The van der Waals surface area contributed by atoms with Gasteiger partial charge in [-0.15, -0.1) is 0 Å². The van der Waals surface area contributed by atoms with Crippen molar-refractivity contribution in [2.24, 2.45) is 0 Å². The molecule has 4 N–H and O–H groups in total. The second kappa shape index (κ2) is 6.47. The van der Waals surface area contributed by atoms with Gasteiger partial charge in [-0.3, -0.25) is 10.0 Å². The zero-order valence-electron chi connectivity index (χ0n) is 12.2. The Morgan fingerprint density at radius 1 is 0.957 bits per heavy atom. The number of aliphatic hydroxyl groups excluding tert-OH is 2. The fraction of sp³-hybridized carbons (Fsp3) is 0.235. The molecule has 0 radical (unpaired) electrons. The zero-order valence-corrected chi connectivity index (χ0v) is 12.2. The average molecular weight is 315 g/mol. The standard InChI is InChI=1S/C17H17NO5/c19-13-14(20)16(17(21)18-22)23-15(13)12-8-4-7-11(9-12)10-5-2-1-3-6-10/h1-9,13-16,19-20,22H,(H,18,21)/t13-,14+,15-,16-/m0/s1. The molecule has 0 saturated carbocycles. The van der Waals surface area contributed by atoms with Crippen molar-refractivity contribution >= 4 is 5.91 Å². The van der Waals surface area contributed by atoms with Crippen molar-refractivity contribution in [1.29, 1.82) is 0 Å². The molecule has 120 valence electrons. The van der Waals surface area contributed by atoms with Gasteiger partial charge < -0.3 is 14.9 Å². The lowest BCUT2D eigenvalue weighted by Gasteiger charge is -2.16. The summed E-state index contributed by atoms with van der Waals surface area (Å²) < 4.78 is 5.44. The molecule has 0 bridgehead atoms. The maximum Gasteiger partial charge on any atom is 0.275 e. The van der Waals surface area contributed by atoms with Crippen LogP contribution in [0.25, 0.3) is 11.1 Å². The lowest BCUT2D eigenvalue weighted by molar-refractivity contribution is -0.144. The van der Waals surface area contributed by atoms with Gasteiger partial charge in [0.2, 0.25) is 0 Å². The molecule has 0 aliphatic carbocycles. The van der Waals surface area contributed by atoms with Crippen LogP contribution in [0, 0.1) is 0 Å². The van der Waals surface area contributed by atoms with Gasteiger partial charge in [-0.05, 0) is 22.8 Å². The second-order valence-electron chi connectivity index (χ2n) is 5.43. The Labute approximate surface area is 132 Å². The lowest BCUT2D eigenvalue weighted by atomic mass is 9.97. The number of ether oxygens (including phenoxy) is 1. The Balaban J connectivity index is 1.89. The van der Waals surface area contributed by atoms with Gasteiger partial charge in [-0.2, -0.15) is 0 Å².